The third-order valence-electron chi connectivity index (χ3n) is 4.25. The average Bonchev–Trinajstić information content (AvgIpc) is 2.65. The Balaban J connectivity index is 2.04. The monoisotopic (exact) mass is 331 g/mol. The van der Waals surface area contributed by atoms with Crippen LogP contribution >= 0.6 is 0 Å². The van der Waals surface area contributed by atoms with Crippen LogP contribution in [0.5, 0.6) is 0 Å². The Morgan fingerprint density at radius 1 is 1.25 bits per heavy atom. The molecule has 0 radical (unpaired) electrons. The molecule has 2 N–H and O–H groups in total. The molecule has 130 valence electrons. The van der Waals surface area contributed by atoms with Crippen LogP contribution in [-0.2, 0) is 9.59 Å². The zero-order valence-corrected chi connectivity index (χ0v) is 14.9. The third-order valence-corrected chi connectivity index (χ3v) is 4.25. The van der Waals surface area contributed by atoms with Gasteiger partial charge in [0.05, 0.1) is 0 Å². The van der Waals surface area contributed by atoms with Gasteiger partial charge in [0.15, 0.2) is 0 Å². The Labute approximate surface area is 142 Å². The van der Waals surface area contributed by atoms with E-state index in [0.29, 0.717) is 12.1 Å². The molecule has 1 fully saturated rings. The van der Waals surface area contributed by atoms with E-state index in [0.717, 1.165) is 16.0 Å². The molecule has 6 nitrogen and oxygen atoms in total. The van der Waals surface area contributed by atoms with Crippen molar-refractivity contribution in [2.45, 2.75) is 46.6 Å². The fourth-order valence-electron chi connectivity index (χ4n) is 3.01. The Morgan fingerprint density at radius 2 is 1.92 bits per heavy atom. The van der Waals surface area contributed by atoms with Gasteiger partial charge in [-0.3, -0.25) is 14.5 Å². The number of amides is 4. The van der Waals surface area contributed by atoms with E-state index < -0.39 is 17.5 Å². The van der Waals surface area contributed by atoms with Crippen molar-refractivity contribution in [1.82, 2.24) is 10.2 Å². The van der Waals surface area contributed by atoms with Gasteiger partial charge in [0.1, 0.15) is 12.1 Å². The molecule has 2 rings (SSSR count). The maximum atomic E-state index is 12.5. The summed E-state index contributed by atoms with van der Waals surface area (Å²) in [5, 5.41) is 5.44. The molecule has 1 heterocycles. The number of rotatable bonds is 5. The fraction of sp³-hybridized carbons (Fsp3) is 0.500. The van der Waals surface area contributed by atoms with Crippen molar-refractivity contribution >= 4 is 23.5 Å². The summed E-state index contributed by atoms with van der Waals surface area (Å²) in [6.07, 6.45) is 0.535. The molecule has 0 aliphatic carbocycles. The summed E-state index contributed by atoms with van der Waals surface area (Å²) < 4.78 is 0. The van der Waals surface area contributed by atoms with Crippen LogP contribution in [0.3, 0.4) is 0 Å². The number of nitrogens with zero attached hydrogens (tertiary/aromatic N) is 1. The first-order chi connectivity index (χ1) is 11.1. The van der Waals surface area contributed by atoms with Gasteiger partial charge < -0.3 is 10.6 Å². The fourth-order valence-corrected chi connectivity index (χ4v) is 3.01. The summed E-state index contributed by atoms with van der Waals surface area (Å²) >= 11 is 0. The van der Waals surface area contributed by atoms with Crippen molar-refractivity contribution in [3.63, 3.8) is 0 Å². The molecule has 1 saturated heterocycles. The summed E-state index contributed by atoms with van der Waals surface area (Å²) in [6.45, 7) is 9.34. The van der Waals surface area contributed by atoms with Gasteiger partial charge in [0.2, 0.25) is 5.91 Å². The number of aryl methyl sites for hydroxylation is 2. The minimum atomic E-state index is -0.939. The summed E-state index contributed by atoms with van der Waals surface area (Å²) in [5.74, 6) is -0.490. The summed E-state index contributed by atoms with van der Waals surface area (Å²) in [4.78, 5) is 37.8. The number of carbonyl (C=O) groups is 3. The van der Waals surface area contributed by atoms with Crippen LogP contribution < -0.4 is 10.6 Å². The van der Waals surface area contributed by atoms with Gasteiger partial charge in [-0.2, -0.15) is 0 Å². The lowest BCUT2D eigenvalue weighted by molar-refractivity contribution is -0.133. The van der Waals surface area contributed by atoms with Crippen LogP contribution in [0, 0.1) is 19.8 Å². The molecule has 1 atom stereocenters. The number of hydrogen-bond donors (Lipinski definition) is 2. The molecule has 0 aromatic heterocycles. The Hall–Kier alpha value is -2.37. The van der Waals surface area contributed by atoms with E-state index in [-0.39, 0.29) is 18.4 Å². The number of imide groups is 1. The zero-order valence-electron chi connectivity index (χ0n) is 14.9. The van der Waals surface area contributed by atoms with E-state index in [2.05, 4.69) is 10.6 Å². The molecule has 4 amide bonds. The summed E-state index contributed by atoms with van der Waals surface area (Å²) in [6, 6.07) is 5.06. The number of carbonyl (C=O) groups excluding carboxylic acids is 3. The Kier molecular flexibility index (Phi) is 4.96. The van der Waals surface area contributed by atoms with Crippen LogP contribution in [-0.4, -0.2) is 34.8 Å². The predicted molar refractivity (Wildman–Crippen MR) is 92.7 cm³/mol. The molecule has 0 spiro atoms. The Bertz CT molecular complexity index is 684. The quantitative estimate of drug-likeness (QED) is 0.814. The number of urea groups is 1. The minimum absolute atomic E-state index is 0.253. The van der Waals surface area contributed by atoms with Crippen molar-refractivity contribution < 1.29 is 14.4 Å². The average molecular weight is 331 g/mol. The van der Waals surface area contributed by atoms with Crippen LogP contribution in [0.1, 0.15) is 38.3 Å². The number of nitrogens with one attached hydrogen (secondary N) is 2. The smallest absolute Gasteiger partial charge is 0.325 e. The van der Waals surface area contributed by atoms with Crippen LogP contribution in [0.4, 0.5) is 10.5 Å². The molecule has 1 aromatic rings. The highest BCUT2D eigenvalue weighted by Gasteiger charge is 2.48. The van der Waals surface area contributed by atoms with Crippen molar-refractivity contribution in [2.75, 3.05) is 11.9 Å². The summed E-state index contributed by atoms with van der Waals surface area (Å²) in [7, 11) is 0. The van der Waals surface area contributed by atoms with E-state index in [9.17, 15) is 14.4 Å². The molecule has 0 saturated carbocycles. The first-order valence-corrected chi connectivity index (χ1v) is 8.13. The Morgan fingerprint density at radius 3 is 2.50 bits per heavy atom. The topological polar surface area (TPSA) is 78.5 Å². The van der Waals surface area contributed by atoms with Gasteiger partial charge in [0.25, 0.3) is 5.91 Å². The molecular weight excluding hydrogens is 306 g/mol. The minimum Gasteiger partial charge on any atom is -0.325 e. The van der Waals surface area contributed by atoms with Crippen molar-refractivity contribution in [1.29, 1.82) is 0 Å². The lowest BCUT2D eigenvalue weighted by Gasteiger charge is -2.23. The second kappa shape index (κ2) is 6.63. The van der Waals surface area contributed by atoms with Crippen molar-refractivity contribution in [2.24, 2.45) is 5.92 Å². The van der Waals surface area contributed by atoms with Crippen LogP contribution in [0.15, 0.2) is 18.2 Å². The molecule has 0 bridgehead atoms. The standard InChI is InChI=1S/C18H25N3O3/c1-11(2)9-18(5)16(23)21(17(24)20-18)10-15(22)19-14-7-6-12(3)13(4)8-14/h6-8,11H,9-10H2,1-5H3,(H,19,22)(H,20,24). The molecular formula is C18H25N3O3. The second-order valence-corrected chi connectivity index (χ2v) is 7.10. The molecule has 1 unspecified atom stereocenters. The predicted octanol–water partition coefficient (Wildman–Crippen LogP) is 2.60. The molecule has 1 aromatic carbocycles. The third kappa shape index (κ3) is 3.75. The number of benzene rings is 1. The zero-order chi connectivity index (χ0) is 18.1. The number of anilines is 1. The first kappa shape index (κ1) is 18.0. The number of hydrogen-bond acceptors (Lipinski definition) is 3. The maximum Gasteiger partial charge on any atom is 0.325 e. The normalized spacial score (nSPS) is 20.5. The van der Waals surface area contributed by atoms with Gasteiger partial charge in [-0.15, -0.1) is 0 Å². The van der Waals surface area contributed by atoms with Gasteiger partial charge in [-0.05, 0) is 56.4 Å². The van der Waals surface area contributed by atoms with E-state index in [1.54, 1.807) is 13.0 Å². The van der Waals surface area contributed by atoms with Gasteiger partial charge in [-0.1, -0.05) is 19.9 Å². The van der Waals surface area contributed by atoms with Gasteiger partial charge in [0, 0.05) is 5.69 Å². The second-order valence-electron chi connectivity index (χ2n) is 7.10. The SMILES string of the molecule is Cc1ccc(NC(=O)CN2C(=O)NC(C)(CC(C)C)C2=O)cc1C. The highest BCUT2D eigenvalue weighted by atomic mass is 16.2. The lowest BCUT2D eigenvalue weighted by Crippen LogP contribution is -2.45. The van der Waals surface area contributed by atoms with E-state index >= 15 is 0 Å². The van der Waals surface area contributed by atoms with Crippen LogP contribution in [0.2, 0.25) is 0 Å². The molecule has 24 heavy (non-hydrogen) atoms. The van der Waals surface area contributed by atoms with Crippen molar-refractivity contribution in [3.05, 3.63) is 29.3 Å². The lowest BCUT2D eigenvalue weighted by atomic mass is 9.91. The van der Waals surface area contributed by atoms with E-state index in [1.807, 2.05) is 39.8 Å². The first-order valence-electron chi connectivity index (χ1n) is 8.13. The summed E-state index contributed by atoms with van der Waals surface area (Å²) in [5.41, 5.74) is 1.91. The molecule has 6 heteroatoms. The highest BCUT2D eigenvalue weighted by Crippen LogP contribution is 2.25. The van der Waals surface area contributed by atoms with Crippen LogP contribution in [0.25, 0.3) is 0 Å². The van der Waals surface area contributed by atoms with E-state index in [4.69, 9.17) is 0 Å². The molecule has 1 aliphatic heterocycles. The maximum absolute atomic E-state index is 12.5. The molecule has 1 aliphatic rings. The van der Waals surface area contributed by atoms with Gasteiger partial charge in [-0.25, -0.2) is 4.79 Å². The van der Waals surface area contributed by atoms with Gasteiger partial charge >= 0.3 is 6.03 Å². The van der Waals surface area contributed by atoms with Crippen molar-refractivity contribution in [3.8, 4) is 0 Å². The highest BCUT2D eigenvalue weighted by molar-refractivity contribution is 6.09. The van der Waals surface area contributed by atoms with E-state index in [1.165, 1.54) is 0 Å². The largest absolute Gasteiger partial charge is 0.325 e.